The number of carboxylic acid groups (broad SMARTS) is 1. The van der Waals surface area contributed by atoms with E-state index in [2.05, 4.69) is 4.84 Å². The molecule has 0 aliphatic rings. The minimum atomic E-state index is -1.02. The summed E-state index contributed by atoms with van der Waals surface area (Å²) in [4.78, 5) is 24.3. The normalized spacial score (nSPS) is 9.50. The number of ether oxygens (including phenoxy) is 1. The van der Waals surface area contributed by atoms with Gasteiger partial charge in [0.15, 0.2) is 0 Å². The van der Waals surface area contributed by atoms with Crippen LogP contribution in [0.4, 0.5) is 0 Å². The maximum atomic E-state index is 10.5. The van der Waals surface area contributed by atoms with Gasteiger partial charge in [-0.3, -0.25) is 0 Å². The molecule has 0 amide bonds. The van der Waals surface area contributed by atoms with Gasteiger partial charge in [0.1, 0.15) is 19.0 Å². The van der Waals surface area contributed by atoms with Crippen molar-refractivity contribution in [1.29, 1.82) is 0 Å². The van der Waals surface area contributed by atoms with E-state index in [1.807, 2.05) is 0 Å². The van der Waals surface area contributed by atoms with Crippen molar-refractivity contribution in [2.24, 2.45) is 0 Å². The fourth-order valence-electron chi connectivity index (χ4n) is 0.965. The third kappa shape index (κ3) is 3.82. The average molecular weight is 227 g/mol. The van der Waals surface area contributed by atoms with Crippen LogP contribution < -0.4 is 4.74 Å². The largest absolute Gasteiger partial charge is 0.492 e. The van der Waals surface area contributed by atoms with Gasteiger partial charge in [-0.05, 0) is 24.3 Å². The zero-order valence-electron chi connectivity index (χ0n) is 8.16. The Bertz CT molecular complexity index is 374. The number of carbonyl (C=O) groups is 1. The van der Waals surface area contributed by atoms with Crippen molar-refractivity contribution in [3.05, 3.63) is 39.9 Å². The molecule has 16 heavy (non-hydrogen) atoms. The SMILES string of the molecule is O=C(O)c1ccc(OCCO[N+](=O)[O-])cc1. The Hall–Kier alpha value is -2.31. The lowest BCUT2D eigenvalue weighted by molar-refractivity contribution is -0.757. The van der Waals surface area contributed by atoms with Gasteiger partial charge in [0.05, 0.1) is 5.56 Å². The topological polar surface area (TPSA) is 98.9 Å². The molecule has 1 aromatic rings. The second-order valence-corrected chi connectivity index (χ2v) is 2.73. The number of hydrogen-bond acceptors (Lipinski definition) is 5. The van der Waals surface area contributed by atoms with Gasteiger partial charge in [-0.2, -0.15) is 0 Å². The highest BCUT2D eigenvalue weighted by molar-refractivity contribution is 5.87. The number of rotatable bonds is 6. The summed E-state index contributed by atoms with van der Waals surface area (Å²) in [5.41, 5.74) is 0.147. The summed E-state index contributed by atoms with van der Waals surface area (Å²) in [6, 6.07) is 5.70. The van der Waals surface area contributed by atoms with Crippen LogP contribution in [-0.4, -0.2) is 29.4 Å². The smallest absolute Gasteiger partial charge is 0.335 e. The first-order chi connectivity index (χ1) is 7.59. The van der Waals surface area contributed by atoms with Gasteiger partial charge < -0.3 is 14.7 Å². The van der Waals surface area contributed by atoms with E-state index in [1.54, 1.807) is 0 Å². The molecule has 1 aromatic carbocycles. The highest BCUT2D eigenvalue weighted by Crippen LogP contribution is 2.11. The summed E-state index contributed by atoms with van der Waals surface area (Å²) in [5.74, 6) is -0.597. The van der Waals surface area contributed by atoms with Crippen LogP contribution in [0, 0.1) is 10.1 Å². The van der Waals surface area contributed by atoms with Gasteiger partial charge in [0, 0.05) is 0 Å². The van der Waals surface area contributed by atoms with E-state index in [0.29, 0.717) is 5.75 Å². The molecule has 0 aliphatic heterocycles. The van der Waals surface area contributed by atoms with Crippen LogP contribution in [0.15, 0.2) is 24.3 Å². The molecule has 1 rings (SSSR count). The first-order valence-electron chi connectivity index (χ1n) is 4.33. The van der Waals surface area contributed by atoms with Gasteiger partial charge in [-0.15, -0.1) is 10.1 Å². The summed E-state index contributed by atoms with van der Waals surface area (Å²) >= 11 is 0. The Morgan fingerprint density at radius 2 is 1.94 bits per heavy atom. The quantitative estimate of drug-likeness (QED) is 0.441. The average Bonchev–Trinajstić information content (AvgIpc) is 2.25. The lowest BCUT2D eigenvalue weighted by atomic mass is 10.2. The molecule has 0 atom stereocenters. The van der Waals surface area contributed by atoms with Crippen LogP contribution in [0.2, 0.25) is 0 Å². The number of aromatic carboxylic acids is 1. The van der Waals surface area contributed by atoms with Gasteiger partial charge in [-0.1, -0.05) is 0 Å². The predicted molar refractivity (Wildman–Crippen MR) is 51.8 cm³/mol. The van der Waals surface area contributed by atoms with Crippen molar-refractivity contribution < 1.29 is 24.6 Å². The van der Waals surface area contributed by atoms with Crippen molar-refractivity contribution >= 4 is 5.97 Å². The maximum Gasteiger partial charge on any atom is 0.335 e. The Morgan fingerprint density at radius 3 is 2.44 bits per heavy atom. The zero-order valence-corrected chi connectivity index (χ0v) is 8.16. The monoisotopic (exact) mass is 227 g/mol. The molecule has 0 saturated carbocycles. The molecule has 7 heteroatoms. The molecule has 0 saturated heterocycles. The van der Waals surface area contributed by atoms with Gasteiger partial charge >= 0.3 is 5.97 Å². The zero-order chi connectivity index (χ0) is 12.0. The lowest BCUT2D eigenvalue weighted by Gasteiger charge is -2.05. The maximum absolute atomic E-state index is 10.5. The molecule has 0 bridgehead atoms. The highest BCUT2D eigenvalue weighted by Gasteiger charge is 2.02. The number of nitrogens with zero attached hydrogens (tertiary/aromatic N) is 1. The van der Waals surface area contributed by atoms with E-state index < -0.39 is 11.1 Å². The molecule has 0 radical (unpaired) electrons. The summed E-state index contributed by atoms with van der Waals surface area (Å²) in [6.07, 6.45) is 0. The minimum absolute atomic E-state index is 0.0212. The fraction of sp³-hybridized carbons (Fsp3) is 0.222. The van der Waals surface area contributed by atoms with Crippen molar-refractivity contribution in [2.75, 3.05) is 13.2 Å². The van der Waals surface area contributed by atoms with Crippen LogP contribution in [0.1, 0.15) is 10.4 Å². The molecule has 0 unspecified atom stereocenters. The fourth-order valence-corrected chi connectivity index (χ4v) is 0.965. The second-order valence-electron chi connectivity index (χ2n) is 2.73. The van der Waals surface area contributed by atoms with Gasteiger partial charge in [0.25, 0.3) is 5.09 Å². The Balaban J connectivity index is 2.38. The van der Waals surface area contributed by atoms with E-state index in [1.165, 1.54) is 24.3 Å². The van der Waals surface area contributed by atoms with Gasteiger partial charge in [-0.25, -0.2) is 4.79 Å². The van der Waals surface area contributed by atoms with Crippen molar-refractivity contribution in [3.8, 4) is 5.75 Å². The van der Waals surface area contributed by atoms with E-state index >= 15 is 0 Å². The first-order valence-corrected chi connectivity index (χ1v) is 4.33. The van der Waals surface area contributed by atoms with Crippen molar-refractivity contribution in [1.82, 2.24) is 0 Å². The summed E-state index contributed by atoms with van der Waals surface area (Å²) in [6.45, 7) is -0.152. The van der Waals surface area contributed by atoms with E-state index in [0.717, 1.165) is 0 Å². The van der Waals surface area contributed by atoms with Gasteiger partial charge in [0.2, 0.25) is 0 Å². The van der Waals surface area contributed by atoms with E-state index in [9.17, 15) is 14.9 Å². The summed E-state index contributed by atoms with van der Waals surface area (Å²) < 4.78 is 5.07. The molecule has 0 fully saturated rings. The standard InChI is InChI=1S/C9H9NO6/c11-9(12)7-1-3-8(4-2-7)15-5-6-16-10(13)14/h1-4H,5-6H2,(H,11,12). The summed E-state index contributed by atoms with van der Waals surface area (Å²) in [7, 11) is 0. The highest BCUT2D eigenvalue weighted by atomic mass is 17.0. The molecular formula is C9H9NO6. The van der Waals surface area contributed by atoms with Crippen LogP contribution in [0.25, 0.3) is 0 Å². The number of hydrogen-bond donors (Lipinski definition) is 1. The number of benzene rings is 1. The predicted octanol–water partition coefficient (Wildman–Crippen LogP) is 0.972. The number of carboxylic acids is 1. The molecule has 0 heterocycles. The second kappa shape index (κ2) is 5.54. The van der Waals surface area contributed by atoms with Crippen LogP contribution in [-0.2, 0) is 4.84 Å². The first kappa shape index (κ1) is 11.8. The lowest BCUT2D eigenvalue weighted by Crippen LogP contribution is -2.10. The molecule has 1 N–H and O–H groups in total. The van der Waals surface area contributed by atoms with E-state index in [4.69, 9.17) is 9.84 Å². The van der Waals surface area contributed by atoms with E-state index in [-0.39, 0.29) is 18.8 Å². The molecule has 0 aliphatic carbocycles. The Morgan fingerprint density at radius 1 is 1.31 bits per heavy atom. The Labute approximate surface area is 90.3 Å². The molecule has 0 aromatic heterocycles. The molecular weight excluding hydrogens is 218 g/mol. The molecule has 0 spiro atoms. The minimum Gasteiger partial charge on any atom is -0.492 e. The third-order valence-corrected chi connectivity index (χ3v) is 1.65. The summed E-state index contributed by atoms with van der Waals surface area (Å²) in [5, 5.41) is 17.5. The third-order valence-electron chi connectivity index (χ3n) is 1.65. The van der Waals surface area contributed by atoms with Crippen molar-refractivity contribution in [2.45, 2.75) is 0 Å². The van der Waals surface area contributed by atoms with Crippen LogP contribution >= 0.6 is 0 Å². The van der Waals surface area contributed by atoms with Crippen molar-refractivity contribution in [3.63, 3.8) is 0 Å². The molecule has 7 nitrogen and oxygen atoms in total. The Kier molecular flexibility index (Phi) is 4.07. The molecule has 86 valence electrons. The van der Waals surface area contributed by atoms with Crippen LogP contribution in [0.3, 0.4) is 0 Å². The van der Waals surface area contributed by atoms with Crippen LogP contribution in [0.5, 0.6) is 5.75 Å².